The summed E-state index contributed by atoms with van der Waals surface area (Å²) in [6, 6.07) is 5.45. The number of benzene rings is 1. The molecule has 2 atom stereocenters. The molecule has 0 aliphatic heterocycles. The molecule has 0 spiro atoms. The van der Waals surface area contributed by atoms with E-state index < -0.39 is 0 Å². The molecule has 0 amide bonds. The summed E-state index contributed by atoms with van der Waals surface area (Å²) in [6.45, 7) is 5.01. The zero-order valence-corrected chi connectivity index (χ0v) is 13.3. The van der Waals surface area contributed by atoms with E-state index >= 15 is 0 Å². The van der Waals surface area contributed by atoms with Gasteiger partial charge in [0.2, 0.25) is 0 Å². The van der Waals surface area contributed by atoms with Crippen LogP contribution >= 0.6 is 0 Å². The molecule has 0 saturated carbocycles. The Kier molecular flexibility index (Phi) is 8.30. The van der Waals surface area contributed by atoms with Crippen LogP contribution in [0.3, 0.4) is 0 Å². The lowest BCUT2D eigenvalue weighted by Crippen LogP contribution is -2.19. The molecule has 0 aliphatic rings. The van der Waals surface area contributed by atoms with Crippen molar-refractivity contribution in [1.29, 1.82) is 0 Å². The molecule has 0 aromatic heterocycles. The molecule has 2 unspecified atom stereocenters. The van der Waals surface area contributed by atoms with E-state index in [4.69, 9.17) is 18.9 Å². The summed E-state index contributed by atoms with van der Waals surface area (Å²) in [6.07, 6.45) is 0.542. The largest absolute Gasteiger partial charge is 0.508 e. The van der Waals surface area contributed by atoms with Gasteiger partial charge in [0.25, 0.3) is 0 Å². The Labute approximate surface area is 126 Å². The van der Waals surface area contributed by atoms with E-state index in [1.807, 2.05) is 19.9 Å². The molecule has 5 heteroatoms. The molecule has 0 bridgehead atoms. The van der Waals surface area contributed by atoms with Crippen LogP contribution in [-0.4, -0.2) is 45.1 Å². The quantitative estimate of drug-likeness (QED) is 0.673. The van der Waals surface area contributed by atoms with Gasteiger partial charge in [-0.2, -0.15) is 0 Å². The van der Waals surface area contributed by atoms with E-state index in [0.29, 0.717) is 26.1 Å². The van der Waals surface area contributed by atoms with Crippen molar-refractivity contribution < 1.29 is 24.1 Å². The van der Waals surface area contributed by atoms with Crippen molar-refractivity contribution in [1.82, 2.24) is 0 Å². The number of phenols is 1. The summed E-state index contributed by atoms with van der Waals surface area (Å²) in [7, 11) is 3.22. The summed E-state index contributed by atoms with van der Waals surface area (Å²) in [5, 5.41) is 9.86. The van der Waals surface area contributed by atoms with Crippen LogP contribution in [0.5, 0.6) is 5.75 Å². The van der Waals surface area contributed by atoms with Crippen LogP contribution in [0.4, 0.5) is 0 Å². The third-order valence-electron chi connectivity index (χ3n) is 3.07. The second-order valence-electron chi connectivity index (χ2n) is 4.66. The molecule has 0 radical (unpaired) electrons. The minimum atomic E-state index is -0.310. The van der Waals surface area contributed by atoms with Crippen LogP contribution in [0.2, 0.25) is 0 Å². The average Bonchev–Trinajstić information content (AvgIpc) is 2.45. The molecular formula is C16H26O5. The van der Waals surface area contributed by atoms with Gasteiger partial charge in [0.1, 0.15) is 5.75 Å². The zero-order valence-electron chi connectivity index (χ0n) is 13.3. The first-order valence-corrected chi connectivity index (χ1v) is 7.23. The molecule has 0 fully saturated rings. The van der Waals surface area contributed by atoms with E-state index in [1.54, 1.807) is 26.4 Å². The van der Waals surface area contributed by atoms with Crippen molar-refractivity contribution in [2.45, 2.75) is 39.3 Å². The fourth-order valence-electron chi connectivity index (χ4n) is 2.16. The van der Waals surface area contributed by atoms with Gasteiger partial charge in [0.15, 0.2) is 12.6 Å². The number of phenolic OH excluding ortho intramolecular Hbond substituents is 1. The maximum absolute atomic E-state index is 9.86. The zero-order chi connectivity index (χ0) is 15.7. The highest BCUT2D eigenvalue weighted by atomic mass is 16.7. The highest BCUT2D eigenvalue weighted by Gasteiger charge is 2.12. The van der Waals surface area contributed by atoms with Gasteiger partial charge in [0.05, 0.1) is 0 Å². The lowest BCUT2D eigenvalue weighted by molar-refractivity contribution is -0.119. The lowest BCUT2D eigenvalue weighted by atomic mass is 10.0. The number of hydrogen-bond acceptors (Lipinski definition) is 5. The molecular weight excluding hydrogens is 272 g/mol. The molecule has 1 aromatic carbocycles. The summed E-state index contributed by atoms with van der Waals surface area (Å²) < 4.78 is 21.4. The van der Waals surface area contributed by atoms with Crippen LogP contribution in [0, 0.1) is 0 Å². The predicted molar refractivity (Wildman–Crippen MR) is 80.4 cm³/mol. The Morgan fingerprint density at radius 1 is 0.857 bits per heavy atom. The van der Waals surface area contributed by atoms with Gasteiger partial charge in [0, 0.05) is 40.3 Å². The van der Waals surface area contributed by atoms with Crippen LogP contribution in [0.1, 0.15) is 25.0 Å². The topological polar surface area (TPSA) is 57.2 Å². The van der Waals surface area contributed by atoms with Crippen molar-refractivity contribution in [3.63, 3.8) is 0 Å². The number of hydrogen-bond donors (Lipinski definition) is 1. The Morgan fingerprint density at radius 3 is 1.62 bits per heavy atom. The maximum Gasteiger partial charge on any atom is 0.161 e. The van der Waals surface area contributed by atoms with E-state index in [0.717, 1.165) is 11.1 Å². The second kappa shape index (κ2) is 9.73. The summed E-state index contributed by atoms with van der Waals surface area (Å²) >= 11 is 0. The van der Waals surface area contributed by atoms with Crippen molar-refractivity contribution in [2.24, 2.45) is 0 Å². The first-order valence-electron chi connectivity index (χ1n) is 7.23. The third-order valence-corrected chi connectivity index (χ3v) is 3.07. The molecule has 1 N–H and O–H groups in total. The Morgan fingerprint density at radius 2 is 1.29 bits per heavy atom. The predicted octanol–water partition coefficient (Wildman–Crippen LogP) is 2.50. The van der Waals surface area contributed by atoms with Gasteiger partial charge in [-0.1, -0.05) is 6.07 Å². The number of rotatable bonds is 10. The Bertz CT molecular complexity index is 373. The number of ether oxygens (including phenoxy) is 4. The smallest absolute Gasteiger partial charge is 0.161 e. The number of aromatic hydroxyl groups is 1. The maximum atomic E-state index is 9.86. The van der Waals surface area contributed by atoms with Gasteiger partial charge in [-0.15, -0.1) is 0 Å². The van der Waals surface area contributed by atoms with E-state index in [1.165, 1.54) is 0 Å². The molecule has 0 heterocycles. The highest BCUT2D eigenvalue weighted by molar-refractivity contribution is 5.34. The molecule has 0 saturated heterocycles. The van der Waals surface area contributed by atoms with Gasteiger partial charge in [-0.25, -0.2) is 0 Å². The molecule has 120 valence electrons. The fraction of sp³-hybridized carbons (Fsp3) is 0.625. The highest BCUT2D eigenvalue weighted by Crippen LogP contribution is 2.20. The van der Waals surface area contributed by atoms with Gasteiger partial charge in [-0.3, -0.25) is 0 Å². The first-order chi connectivity index (χ1) is 10.1. The van der Waals surface area contributed by atoms with E-state index in [9.17, 15) is 5.11 Å². The summed E-state index contributed by atoms with van der Waals surface area (Å²) in [5.41, 5.74) is 1.91. The normalized spacial score (nSPS) is 14.1. The average molecular weight is 298 g/mol. The fourth-order valence-corrected chi connectivity index (χ4v) is 2.16. The van der Waals surface area contributed by atoms with Crippen molar-refractivity contribution in [3.8, 4) is 5.75 Å². The Hall–Kier alpha value is -1.14. The molecule has 5 nitrogen and oxygen atoms in total. The second-order valence-corrected chi connectivity index (χ2v) is 4.66. The first kappa shape index (κ1) is 17.9. The summed E-state index contributed by atoms with van der Waals surface area (Å²) in [4.78, 5) is 0. The van der Waals surface area contributed by atoms with Gasteiger partial charge in [-0.05, 0) is 37.1 Å². The minimum Gasteiger partial charge on any atom is -0.508 e. The van der Waals surface area contributed by atoms with Crippen molar-refractivity contribution in [2.75, 3.05) is 27.4 Å². The molecule has 21 heavy (non-hydrogen) atoms. The monoisotopic (exact) mass is 298 g/mol. The van der Waals surface area contributed by atoms with Gasteiger partial charge < -0.3 is 24.1 Å². The molecule has 0 aliphatic carbocycles. The number of methoxy groups -OCH3 is 2. The third kappa shape index (κ3) is 6.44. The lowest BCUT2D eigenvalue weighted by Gasteiger charge is -2.18. The van der Waals surface area contributed by atoms with Crippen molar-refractivity contribution >= 4 is 0 Å². The van der Waals surface area contributed by atoms with Crippen LogP contribution in [0.25, 0.3) is 0 Å². The van der Waals surface area contributed by atoms with E-state index in [-0.39, 0.29) is 18.3 Å². The van der Waals surface area contributed by atoms with Crippen LogP contribution in [-0.2, 0) is 31.8 Å². The van der Waals surface area contributed by atoms with Gasteiger partial charge >= 0.3 is 0 Å². The SMILES string of the molecule is CCOC(Cc1cc(O)cc(CC(OC)OCC)c1)OC. The minimum absolute atomic E-state index is 0.222. The van der Waals surface area contributed by atoms with Crippen molar-refractivity contribution in [3.05, 3.63) is 29.3 Å². The summed E-state index contributed by atoms with van der Waals surface area (Å²) in [5.74, 6) is 0.222. The molecule has 1 rings (SSSR count). The Balaban J connectivity index is 2.78. The van der Waals surface area contributed by atoms with Crippen LogP contribution in [0.15, 0.2) is 18.2 Å². The standard InChI is InChI=1S/C16H26O5/c1-5-20-15(18-3)10-12-7-13(9-14(17)8-12)11-16(19-4)21-6-2/h7-9,15-17H,5-6,10-11H2,1-4H3. The van der Waals surface area contributed by atoms with Crippen LogP contribution < -0.4 is 0 Å². The van der Waals surface area contributed by atoms with E-state index in [2.05, 4.69) is 0 Å². The molecule has 1 aromatic rings.